The number of hydrogen-bond acceptors (Lipinski definition) is 1. The van der Waals surface area contributed by atoms with Crippen molar-refractivity contribution in [3.8, 4) is 0 Å². The van der Waals surface area contributed by atoms with E-state index in [0.29, 0.717) is 0 Å². The van der Waals surface area contributed by atoms with Crippen molar-refractivity contribution in [1.82, 2.24) is 0 Å². The monoisotopic (exact) mass is 452 g/mol. The molecule has 0 amide bonds. The zero-order valence-electron chi connectivity index (χ0n) is 22.3. The highest BCUT2D eigenvalue weighted by Gasteiger charge is 2.15. The minimum absolute atomic E-state index is 0.0955. The lowest BCUT2D eigenvalue weighted by atomic mass is 9.94. The highest BCUT2D eigenvalue weighted by molar-refractivity contribution is 5.69. The highest BCUT2D eigenvalue weighted by atomic mass is 16.4. The molecule has 1 unspecified atom stereocenters. The smallest absolute Gasteiger partial charge is 0.306 e. The van der Waals surface area contributed by atoms with Gasteiger partial charge in [-0.05, 0) is 12.8 Å². The van der Waals surface area contributed by atoms with Crippen LogP contribution in [-0.2, 0) is 4.79 Å². The summed E-state index contributed by atoms with van der Waals surface area (Å²) in [4.78, 5) is 11.3. The lowest BCUT2D eigenvalue weighted by Gasteiger charge is -2.11. The molecule has 0 aliphatic heterocycles. The lowest BCUT2D eigenvalue weighted by Crippen LogP contribution is -2.13. The molecule has 0 rings (SSSR count). The second kappa shape index (κ2) is 26.7. The summed E-state index contributed by atoms with van der Waals surface area (Å²) in [7, 11) is 0. The fourth-order valence-corrected chi connectivity index (χ4v) is 4.85. The molecule has 0 aliphatic carbocycles. The second-order valence-corrected chi connectivity index (χ2v) is 10.4. The van der Waals surface area contributed by atoms with Gasteiger partial charge in [0.25, 0.3) is 0 Å². The maximum atomic E-state index is 11.3. The number of unbranched alkanes of at least 4 members (excludes halogenated alkanes) is 22. The van der Waals surface area contributed by atoms with Gasteiger partial charge in [0.2, 0.25) is 0 Å². The Hall–Kier alpha value is -0.530. The Labute approximate surface area is 202 Å². The fourth-order valence-electron chi connectivity index (χ4n) is 4.85. The highest BCUT2D eigenvalue weighted by Crippen LogP contribution is 2.19. The third-order valence-corrected chi connectivity index (χ3v) is 7.16. The van der Waals surface area contributed by atoms with Crippen molar-refractivity contribution in [2.45, 2.75) is 181 Å². The molecular weight excluding hydrogens is 392 g/mol. The third kappa shape index (κ3) is 24.1. The number of carboxylic acids is 1. The molecule has 0 aliphatic rings. The van der Waals surface area contributed by atoms with Crippen LogP contribution in [0.3, 0.4) is 0 Å². The fraction of sp³-hybridized carbons (Fsp3) is 0.967. The van der Waals surface area contributed by atoms with Gasteiger partial charge in [-0.1, -0.05) is 168 Å². The molecule has 1 atom stereocenters. The SMILES string of the molecule is CCCCCCCCCCCCCCCCCCCCCCCC(CCCCC)C(=O)O. The van der Waals surface area contributed by atoms with Crippen molar-refractivity contribution in [2.24, 2.45) is 5.92 Å². The summed E-state index contributed by atoms with van der Waals surface area (Å²) in [6, 6.07) is 0. The van der Waals surface area contributed by atoms with Gasteiger partial charge in [0, 0.05) is 0 Å². The van der Waals surface area contributed by atoms with Crippen LogP contribution in [0.25, 0.3) is 0 Å². The van der Waals surface area contributed by atoms with Crippen molar-refractivity contribution in [3.05, 3.63) is 0 Å². The standard InChI is InChI=1S/C30H60O2/c1-3-5-7-8-9-10-11-12-13-14-15-16-17-18-19-20-21-22-23-24-26-28-29(30(31)32)27-25-6-4-2/h29H,3-28H2,1-2H3,(H,31,32). The first-order valence-electron chi connectivity index (χ1n) is 14.9. The number of rotatable bonds is 27. The van der Waals surface area contributed by atoms with Gasteiger partial charge >= 0.3 is 5.97 Å². The van der Waals surface area contributed by atoms with Crippen LogP contribution in [0.1, 0.15) is 181 Å². The molecule has 2 nitrogen and oxygen atoms in total. The Balaban J connectivity index is 3.21. The van der Waals surface area contributed by atoms with E-state index in [2.05, 4.69) is 13.8 Å². The first kappa shape index (κ1) is 31.5. The molecule has 0 aromatic rings. The molecule has 2 heteroatoms. The van der Waals surface area contributed by atoms with Crippen molar-refractivity contribution < 1.29 is 9.90 Å². The molecule has 192 valence electrons. The average molecular weight is 453 g/mol. The van der Waals surface area contributed by atoms with Crippen molar-refractivity contribution in [1.29, 1.82) is 0 Å². The Morgan fingerprint density at radius 1 is 0.438 bits per heavy atom. The van der Waals surface area contributed by atoms with E-state index < -0.39 is 5.97 Å². The summed E-state index contributed by atoms with van der Waals surface area (Å²) in [5.74, 6) is -0.670. The summed E-state index contributed by atoms with van der Waals surface area (Å²) in [6.07, 6.45) is 34.5. The van der Waals surface area contributed by atoms with Crippen LogP contribution in [-0.4, -0.2) is 11.1 Å². The third-order valence-electron chi connectivity index (χ3n) is 7.16. The number of aliphatic carboxylic acids is 1. The lowest BCUT2D eigenvalue weighted by molar-refractivity contribution is -0.142. The van der Waals surface area contributed by atoms with Gasteiger partial charge in [-0.2, -0.15) is 0 Å². The van der Waals surface area contributed by atoms with Crippen molar-refractivity contribution in [2.75, 3.05) is 0 Å². The van der Waals surface area contributed by atoms with Crippen LogP contribution < -0.4 is 0 Å². The van der Waals surface area contributed by atoms with Crippen LogP contribution in [0.15, 0.2) is 0 Å². The van der Waals surface area contributed by atoms with Crippen LogP contribution in [0.2, 0.25) is 0 Å². The van der Waals surface area contributed by atoms with Crippen LogP contribution in [0.5, 0.6) is 0 Å². The first-order chi connectivity index (χ1) is 15.7. The Kier molecular flexibility index (Phi) is 26.3. The summed E-state index contributed by atoms with van der Waals surface area (Å²) in [6.45, 7) is 4.47. The summed E-state index contributed by atoms with van der Waals surface area (Å²) < 4.78 is 0. The van der Waals surface area contributed by atoms with Crippen molar-refractivity contribution >= 4 is 5.97 Å². The normalized spacial score (nSPS) is 12.3. The zero-order valence-corrected chi connectivity index (χ0v) is 22.3. The van der Waals surface area contributed by atoms with Gasteiger partial charge in [-0.3, -0.25) is 4.79 Å². The van der Waals surface area contributed by atoms with E-state index in [0.717, 1.165) is 25.7 Å². The Bertz CT molecular complexity index is 366. The molecule has 0 bridgehead atoms. The molecule has 0 radical (unpaired) electrons. The molecule has 1 N–H and O–H groups in total. The number of hydrogen-bond donors (Lipinski definition) is 1. The maximum absolute atomic E-state index is 11.3. The molecule has 0 aromatic carbocycles. The van der Waals surface area contributed by atoms with E-state index >= 15 is 0 Å². The molecular formula is C30H60O2. The molecule has 0 fully saturated rings. The van der Waals surface area contributed by atoms with E-state index in [1.165, 1.54) is 141 Å². The minimum Gasteiger partial charge on any atom is -0.481 e. The predicted octanol–water partition coefficient (Wildman–Crippen LogP) is 10.9. The molecule has 0 spiro atoms. The van der Waals surface area contributed by atoms with E-state index in [4.69, 9.17) is 0 Å². The van der Waals surface area contributed by atoms with Crippen LogP contribution in [0, 0.1) is 5.92 Å². The van der Waals surface area contributed by atoms with E-state index in [9.17, 15) is 9.90 Å². The zero-order chi connectivity index (χ0) is 23.5. The predicted molar refractivity (Wildman–Crippen MR) is 143 cm³/mol. The van der Waals surface area contributed by atoms with Crippen LogP contribution in [0.4, 0.5) is 0 Å². The molecule has 0 heterocycles. The van der Waals surface area contributed by atoms with Crippen molar-refractivity contribution in [3.63, 3.8) is 0 Å². The maximum Gasteiger partial charge on any atom is 0.306 e. The Morgan fingerprint density at radius 3 is 0.938 bits per heavy atom. The largest absolute Gasteiger partial charge is 0.481 e. The Morgan fingerprint density at radius 2 is 0.656 bits per heavy atom. The topological polar surface area (TPSA) is 37.3 Å². The number of carboxylic acid groups (broad SMARTS) is 1. The van der Waals surface area contributed by atoms with E-state index in [1.807, 2.05) is 0 Å². The van der Waals surface area contributed by atoms with Gasteiger partial charge in [0.15, 0.2) is 0 Å². The molecule has 0 saturated heterocycles. The molecule has 32 heavy (non-hydrogen) atoms. The molecule has 0 aromatic heterocycles. The van der Waals surface area contributed by atoms with E-state index in [-0.39, 0.29) is 5.92 Å². The van der Waals surface area contributed by atoms with Gasteiger partial charge in [-0.15, -0.1) is 0 Å². The first-order valence-corrected chi connectivity index (χ1v) is 14.9. The summed E-state index contributed by atoms with van der Waals surface area (Å²) in [5, 5.41) is 9.34. The number of carbonyl (C=O) groups is 1. The van der Waals surface area contributed by atoms with Gasteiger partial charge in [0.05, 0.1) is 5.92 Å². The quantitative estimate of drug-likeness (QED) is 0.126. The average Bonchev–Trinajstić information content (AvgIpc) is 2.78. The van der Waals surface area contributed by atoms with E-state index in [1.54, 1.807) is 0 Å². The molecule has 0 saturated carbocycles. The summed E-state index contributed by atoms with van der Waals surface area (Å²) in [5.41, 5.74) is 0. The second-order valence-electron chi connectivity index (χ2n) is 10.4. The minimum atomic E-state index is -0.575. The van der Waals surface area contributed by atoms with Gasteiger partial charge in [-0.25, -0.2) is 0 Å². The van der Waals surface area contributed by atoms with Gasteiger partial charge in [0.1, 0.15) is 0 Å². The van der Waals surface area contributed by atoms with Gasteiger partial charge < -0.3 is 5.11 Å². The van der Waals surface area contributed by atoms with Crippen LogP contribution >= 0.6 is 0 Å². The summed E-state index contributed by atoms with van der Waals surface area (Å²) >= 11 is 0.